The fourth-order valence-corrected chi connectivity index (χ4v) is 9.22. The molecule has 0 aromatic heterocycles. The first kappa shape index (κ1) is 66.6. The van der Waals surface area contributed by atoms with E-state index in [1.807, 2.05) is 0 Å². The maximum atomic E-state index is 14.4. The first-order chi connectivity index (χ1) is 35.9. The minimum atomic E-state index is -1.65. The van der Waals surface area contributed by atoms with Crippen LogP contribution in [0.15, 0.2) is 0 Å². The van der Waals surface area contributed by atoms with Crippen LogP contribution in [0.3, 0.4) is 0 Å². The van der Waals surface area contributed by atoms with Gasteiger partial charge < -0.3 is 86.3 Å². The third kappa shape index (κ3) is 22.6. The molecule has 0 radical (unpaired) electrons. The summed E-state index contributed by atoms with van der Waals surface area (Å²) in [4.78, 5) is 139. The smallest absolute Gasteiger partial charge is 0.245 e. The van der Waals surface area contributed by atoms with Crippen LogP contribution in [0.2, 0.25) is 0 Å². The van der Waals surface area contributed by atoms with Crippen molar-refractivity contribution in [3.63, 3.8) is 0 Å². The number of nitrogens with two attached hydrogens (primary N) is 4. The maximum absolute atomic E-state index is 14.4. The monoisotopic (exact) mass is 1080 g/mol. The number of rotatable bonds is 22. The van der Waals surface area contributed by atoms with Gasteiger partial charge in [0.15, 0.2) is 0 Å². The summed E-state index contributed by atoms with van der Waals surface area (Å²) in [7, 11) is 0. The molecular formula is C50H92N14O12. The Morgan fingerprint density at radius 2 is 1.00 bits per heavy atom. The van der Waals surface area contributed by atoms with Crippen molar-refractivity contribution in [2.45, 2.75) is 199 Å². The first-order valence-electron chi connectivity index (χ1n) is 27.1. The van der Waals surface area contributed by atoms with Crippen LogP contribution in [-0.2, 0) is 47.9 Å². The van der Waals surface area contributed by atoms with Gasteiger partial charge in [-0.25, -0.2) is 0 Å². The van der Waals surface area contributed by atoms with Crippen LogP contribution in [0, 0.1) is 23.7 Å². The third-order valence-corrected chi connectivity index (χ3v) is 13.4. The number of carbonyl (C=O) groups excluding carboxylic acids is 10. The summed E-state index contributed by atoms with van der Waals surface area (Å²) in [6.45, 7) is 10.9. The van der Waals surface area contributed by atoms with Crippen LogP contribution in [0.1, 0.15) is 132 Å². The Morgan fingerprint density at radius 1 is 0.553 bits per heavy atom. The molecule has 20 N–H and O–H groups in total. The van der Waals surface area contributed by atoms with E-state index in [1.165, 1.54) is 13.8 Å². The first-order valence-corrected chi connectivity index (χ1v) is 27.1. The fraction of sp³-hybridized carbons (Fsp3) is 0.800. The number of carbonyl (C=O) groups is 10. The zero-order valence-corrected chi connectivity index (χ0v) is 45.7. The van der Waals surface area contributed by atoms with E-state index in [2.05, 4.69) is 60.1 Å². The lowest BCUT2D eigenvalue weighted by Gasteiger charge is -2.30. The second-order valence-electron chi connectivity index (χ2n) is 21.0. The third-order valence-electron chi connectivity index (χ3n) is 13.4. The maximum Gasteiger partial charge on any atom is 0.245 e. The molecule has 434 valence electrons. The average molecular weight is 1080 g/mol. The van der Waals surface area contributed by atoms with E-state index in [9.17, 15) is 58.2 Å². The molecule has 26 nitrogen and oxygen atoms in total. The van der Waals surface area contributed by atoms with E-state index in [-0.39, 0.29) is 82.5 Å². The Bertz CT molecular complexity index is 1920. The lowest BCUT2D eigenvalue weighted by Crippen LogP contribution is -2.61. The lowest BCUT2D eigenvalue weighted by molar-refractivity contribution is -0.137. The predicted octanol–water partition coefficient (Wildman–Crippen LogP) is -4.28. The molecular weight excluding hydrogens is 989 g/mol. The molecule has 11 atom stereocenters. The van der Waals surface area contributed by atoms with Gasteiger partial charge in [-0.15, -0.1) is 0 Å². The summed E-state index contributed by atoms with van der Waals surface area (Å²) < 4.78 is 0. The van der Waals surface area contributed by atoms with Crippen LogP contribution in [-0.4, -0.2) is 169 Å². The van der Waals surface area contributed by atoms with Gasteiger partial charge in [0.2, 0.25) is 59.1 Å². The van der Waals surface area contributed by atoms with Crippen molar-refractivity contribution in [1.82, 2.24) is 53.2 Å². The SMILES string of the molecule is CCCC1CCC(C(=O)N[C@H](C(=O)N[C@@H](CCN)C(=O)NC2CCNC(=O)C([C@@H](C)O)NC(=O)[C@H](CCN)NC(=O)[C@H](CCN)NC(=O)[C@H](CC(C)C)NC(=O)[C@@H](CC(C)C)NC(=O)C(CCN)NC2=O)[C@@H](C)O)CC1. The Labute approximate surface area is 447 Å². The molecule has 0 bridgehead atoms. The summed E-state index contributed by atoms with van der Waals surface area (Å²) in [5.74, 6) is -8.55. The Kier molecular flexibility index (Phi) is 30.0. The van der Waals surface area contributed by atoms with Gasteiger partial charge >= 0.3 is 0 Å². The molecule has 1 aliphatic carbocycles. The van der Waals surface area contributed by atoms with Crippen molar-refractivity contribution >= 4 is 59.1 Å². The fourth-order valence-electron chi connectivity index (χ4n) is 9.22. The number of nitrogens with one attached hydrogen (secondary N) is 10. The summed E-state index contributed by atoms with van der Waals surface area (Å²) in [5, 5.41) is 47.2. The van der Waals surface area contributed by atoms with Crippen LogP contribution in [0.25, 0.3) is 0 Å². The summed E-state index contributed by atoms with van der Waals surface area (Å²) in [5.41, 5.74) is 23.5. The molecule has 1 saturated carbocycles. The van der Waals surface area contributed by atoms with Gasteiger partial charge in [-0.1, -0.05) is 47.5 Å². The van der Waals surface area contributed by atoms with Crippen molar-refractivity contribution in [1.29, 1.82) is 0 Å². The second kappa shape index (κ2) is 34.3. The summed E-state index contributed by atoms with van der Waals surface area (Å²) in [6.07, 6.45) is 1.26. The number of hydrogen-bond acceptors (Lipinski definition) is 16. The van der Waals surface area contributed by atoms with Crippen molar-refractivity contribution < 1.29 is 58.2 Å². The zero-order chi connectivity index (χ0) is 57.2. The van der Waals surface area contributed by atoms with Gasteiger partial charge in [0, 0.05) is 12.5 Å². The molecule has 0 aromatic rings. The van der Waals surface area contributed by atoms with E-state index in [1.54, 1.807) is 27.7 Å². The van der Waals surface area contributed by atoms with Crippen molar-refractivity contribution in [2.24, 2.45) is 46.6 Å². The molecule has 1 heterocycles. The molecule has 2 rings (SSSR count). The van der Waals surface area contributed by atoms with Crippen molar-refractivity contribution in [3.8, 4) is 0 Å². The Hall–Kier alpha value is -5.54. The highest BCUT2D eigenvalue weighted by molar-refractivity contribution is 5.99. The van der Waals surface area contributed by atoms with Gasteiger partial charge in [-0.2, -0.15) is 0 Å². The zero-order valence-electron chi connectivity index (χ0n) is 45.7. The molecule has 2 fully saturated rings. The van der Waals surface area contributed by atoms with Crippen LogP contribution >= 0.6 is 0 Å². The standard InChI is InChI=1S/C50H92N14O12/c1-8-9-30-10-12-31(13-11-30)41(67)63-40(29(7)66)50(76)60-34(16-21-53)43(69)59-36-18-23-55-49(75)39(28(6)65)64-46(72)35(17-22-54)57-42(68)32(14-19-51)58-47(73)37(24-26(2)3)62-48(74)38(25-27(4)5)61-44(70)33(15-20-52)56-45(36)71/h26-40,65-66H,8-25,51-54H2,1-7H3,(H,55,75)(H,56,71)(H,57,68)(H,58,73)(H,59,69)(H,60,76)(H,61,70)(H,62,74)(H,63,67)(H,64,72)/t28-,29-,30?,31?,32+,33?,34+,35+,36?,37+,38-,39?,40+/m1/s1. The molecule has 76 heavy (non-hydrogen) atoms. The Balaban J connectivity index is 2.63. The number of aliphatic hydroxyl groups is 2. The quantitative estimate of drug-likeness (QED) is 0.0488. The highest BCUT2D eigenvalue weighted by atomic mass is 16.3. The molecule has 2 aliphatic rings. The second-order valence-corrected chi connectivity index (χ2v) is 21.0. The average Bonchev–Trinajstić information content (AvgIpc) is 3.34. The molecule has 3 unspecified atom stereocenters. The summed E-state index contributed by atoms with van der Waals surface area (Å²) >= 11 is 0. The highest BCUT2D eigenvalue weighted by Gasteiger charge is 2.38. The molecule has 0 aromatic carbocycles. The molecule has 26 heteroatoms. The van der Waals surface area contributed by atoms with Gasteiger partial charge in [-0.3, -0.25) is 47.9 Å². The van der Waals surface area contributed by atoms with Crippen molar-refractivity contribution in [2.75, 3.05) is 32.7 Å². The number of aliphatic hydroxyl groups excluding tert-OH is 2. The topological polar surface area (TPSA) is 436 Å². The molecule has 1 aliphatic heterocycles. The van der Waals surface area contributed by atoms with Gasteiger partial charge in [-0.05, 0) is 128 Å². The normalized spacial score (nSPS) is 26.7. The Morgan fingerprint density at radius 3 is 1.42 bits per heavy atom. The van der Waals surface area contributed by atoms with E-state index in [0.717, 1.165) is 25.7 Å². The van der Waals surface area contributed by atoms with Crippen LogP contribution in [0.4, 0.5) is 0 Å². The minimum Gasteiger partial charge on any atom is -0.391 e. The van der Waals surface area contributed by atoms with Gasteiger partial charge in [0.05, 0.1) is 12.2 Å². The molecule has 10 amide bonds. The minimum absolute atomic E-state index is 0.0689. The summed E-state index contributed by atoms with van der Waals surface area (Å²) in [6, 6.07) is -12.8. The van der Waals surface area contributed by atoms with E-state index in [4.69, 9.17) is 22.9 Å². The number of hydrogen-bond donors (Lipinski definition) is 16. The van der Waals surface area contributed by atoms with E-state index >= 15 is 0 Å². The highest BCUT2D eigenvalue weighted by Crippen LogP contribution is 2.31. The van der Waals surface area contributed by atoms with Crippen molar-refractivity contribution in [3.05, 3.63) is 0 Å². The predicted molar refractivity (Wildman–Crippen MR) is 282 cm³/mol. The molecule has 1 saturated heterocycles. The van der Waals surface area contributed by atoms with Crippen LogP contribution in [0.5, 0.6) is 0 Å². The van der Waals surface area contributed by atoms with Crippen LogP contribution < -0.4 is 76.1 Å². The van der Waals surface area contributed by atoms with Gasteiger partial charge in [0.25, 0.3) is 0 Å². The van der Waals surface area contributed by atoms with Gasteiger partial charge in [0.1, 0.15) is 54.4 Å². The van der Waals surface area contributed by atoms with E-state index < -0.39 is 139 Å². The largest absolute Gasteiger partial charge is 0.391 e. The van der Waals surface area contributed by atoms with E-state index in [0.29, 0.717) is 18.8 Å². The lowest BCUT2D eigenvalue weighted by atomic mass is 9.79. The number of amides is 10. The molecule has 0 spiro atoms.